The van der Waals surface area contributed by atoms with Gasteiger partial charge < -0.3 is 0 Å². The van der Waals surface area contributed by atoms with Gasteiger partial charge >= 0.3 is 5.95 Å². The molecule has 88 valence electrons. The maximum absolute atomic E-state index is 10.1. The van der Waals surface area contributed by atoms with Crippen LogP contribution in [0, 0.1) is 24.0 Å². The van der Waals surface area contributed by atoms with Gasteiger partial charge in [-0.2, -0.15) is 5.10 Å². The number of nitro groups is 1. The lowest BCUT2D eigenvalue weighted by atomic mass is 10.4. The number of anilines is 1. The minimum Gasteiger partial charge on any atom is -0.234 e. The molecule has 0 aliphatic heterocycles. The fourth-order valence-electron chi connectivity index (χ4n) is 1.27. The molecule has 1 N–H and O–H groups in total. The number of nitrogens with one attached hydrogen (secondary N) is 1. The van der Waals surface area contributed by atoms with Crippen LogP contribution in [0.1, 0.15) is 11.4 Å². The minimum absolute atomic E-state index is 0.157. The number of hydrogen-bond acceptors (Lipinski definition) is 7. The summed E-state index contributed by atoms with van der Waals surface area (Å²) in [6.07, 6.45) is 0. The average Bonchev–Trinajstić information content (AvgIpc) is 2.58. The summed E-state index contributed by atoms with van der Waals surface area (Å²) in [5, 5.41) is 27.8. The number of hydrazine groups is 1. The number of aromatic nitrogens is 6. The van der Waals surface area contributed by atoms with Crippen molar-refractivity contribution in [1.82, 2.24) is 30.2 Å². The van der Waals surface area contributed by atoms with Gasteiger partial charge in [-0.1, -0.05) is 5.43 Å². The van der Waals surface area contributed by atoms with E-state index >= 15 is 0 Å². The molecule has 0 atom stereocenters. The Kier molecular flexibility index (Phi) is 2.60. The first-order valence-electron chi connectivity index (χ1n) is 4.58. The fourth-order valence-corrected chi connectivity index (χ4v) is 1.27. The van der Waals surface area contributed by atoms with Crippen LogP contribution in [0.15, 0.2) is 6.07 Å². The molecule has 2 rings (SSSR count). The van der Waals surface area contributed by atoms with Crippen LogP contribution in [0.4, 0.5) is 5.95 Å². The molecular formula is C7H8N8O2. The van der Waals surface area contributed by atoms with Gasteiger partial charge in [0.05, 0.1) is 5.69 Å². The molecule has 0 radical (unpaired) electrons. The zero-order valence-corrected chi connectivity index (χ0v) is 9.02. The Bertz CT molecular complexity index is 548. The molecule has 0 aromatic carbocycles. The van der Waals surface area contributed by atoms with Crippen molar-refractivity contribution in [2.75, 3.05) is 5.43 Å². The lowest BCUT2D eigenvalue weighted by Crippen LogP contribution is -2.15. The van der Waals surface area contributed by atoms with Crippen molar-refractivity contribution in [3.63, 3.8) is 0 Å². The predicted molar refractivity (Wildman–Crippen MR) is 54.8 cm³/mol. The maximum Gasteiger partial charge on any atom is 0.322 e. The molecule has 0 fully saturated rings. The van der Waals surface area contributed by atoms with Gasteiger partial charge in [0.25, 0.3) is 5.95 Å². The van der Waals surface area contributed by atoms with E-state index in [2.05, 4.69) is 25.5 Å². The van der Waals surface area contributed by atoms with E-state index in [0.29, 0.717) is 0 Å². The van der Waals surface area contributed by atoms with E-state index in [0.717, 1.165) is 11.4 Å². The van der Waals surface area contributed by atoms with E-state index in [9.17, 15) is 10.1 Å². The van der Waals surface area contributed by atoms with E-state index in [1.54, 1.807) is 5.43 Å². The van der Waals surface area contributed by atoms with Crippen LogP contribution >= 0.6 is 0 Å². The van der Waals surface area contributed by atoms with Gasteiger partial charge in [-0.25, -0.2) is 14.8 Å². The van der Waals surface area contributed by atoms with E-state index < -0.39 is 5.03 Å². The maximum atomic E-state index is 10.1. The number of aryl methyl sites for hydroxylation is 2. The third kappa shape index (κ3) is 2.30. The first-order chi connectivity index (χ1) is 8.06. The first kappa shape index (κ1) is 10.9. The van der Waals surface area contributed by atoms with Crippen LogP contribution in [0.5, 0.6) is 0 Å². The summed E-state index contributed by atoms with van der Waals surface area (Å²) >= 11 is 0. The summed E-state index contributed by atoms with van der Waals surface area (Å²) in [6, 6.07) is 1.84. The van der Waals surface area contributed by atoms with Crippen LogP contribution < -0.4 is 5.43 Å². The van der Waals surface area contributed by atoms with Crippen molar-refractivity contribution in [3.8, 4) is 5.95 Å². The zero-order valence-electron chi connectivity index (χ0n) is 9.02. The number of nitrogens with zero attached hydrogens (tertiary/aromatic N) is 7. The lowest BCUT2D eigenvalue weighted by molar-refractivity contribution is -0.446. The Balaban J connectivity index is 2.29. The topological polar surface area (TPSA) is 125 Å². The molecule has 2 aromatic rings. The van der Waals surface area contributed by atoms with Crippen LogP contribution in [0.2, 0.25) is 0 Å². The molecule has 0 unspecified atom stereocenters. The van der Waals surface area contributed by atoms with Crippen molar-refractivity contribution in [2.24, 2.45) is 0 Å². The van der Waals surface area contributed by atoms with Crippen molar-refractivity contribution in [3.05, 3.63) is 27.6 Å². The summed E-state index contributed by atoms with van der Waals surface area (Å²) in [5.74, 6) is -0.121. The largest absolute Gasteiger partial charge is 0.322 e. The Morgan fingerprint density at radius 1 is 1.29 bits per heavy atom. The van der Waals surface area contributed by atoms with E-state index in [4.69, 9.17) is 0 Å². The summed E-state index contributed by atoms with van der Waals surface area (Å²) in [5.41, 5.74) is 3.37. The summed E-state index contributed by atoms with van der Waals surface area (Å²) in [7, 11) is 0. The standard InChI is InChI=1S/C7H8N8O2/c1-4-3-5(2)14(12-4)7-10-8-6(9-11-7)13-15(16)17/h3H,1-2H3,(H,8,9,13). The molecule has 0 saturated heterocycles. The third-order valence-corrected chi connectivity index (χ3v) is 1.86. The van der Waals surface area contributed by atoms with Crippen molar-refractivity contribution in [1.29, 1.82) is 0 Å². The van der Waals surface area contributed by atoms with Gasteiger partial charge in [0, 0.05) is 5.69 Å². The number of hydrogen-bond donors (Lipinski definition) is 1. The lowest BCUT2D eigenvalue weighted by Gasteiger charge is -1.99. The third-order valence-electron chi connectivity index (χ3n) is 1.86. The van der Waals surface area contributed by atoms with Gasteiger partial charge in [-0.3, -0.25) is 0 Å². The molecule has 17 heavy (non-hydrogen) atoms. The van der Waals surface area contributed by atoms with Gasteiger partial charge in [0.1, 0.15) is 0 Å². The highest BCUT2D eigenvalue weighted by Crippen LogP contribution is 2.06. The second-order valence-electron chi connectivity index (χ2n) is 3.23. The molecule has 10 nitrogen and oxygen atoms in total. The fraction of sp³-hybridized carbons (Fsp3) is 0.286. The smallest absolute Gasteiger partial charge is 0.234 e. The molecular weight excluding hydrogens is 228 g/mol. The summed E-state index contributed by atoms with van der Waals surface area (Å²) in [6.45, 7) is 3.65. The molecule has 0 aliphatic rings. The predicted octanol–water partition coefficient (Wildman–Crippen LogP) is -0.327. The molecule has 2 heterocycles. The quantitative estimate of drug-likeness (QED) is 0.567. The Morgan fingerprint density at radius 3 is 2.41 bits per heavy atom. The second kappa shape index (κ2) is 4.08. The number of rotatable bonds is 3. The average molecular weight is 236 g/mol. The van der Waals surface area contributed by atoms with Crippen molar-refractivity contribution < 1.29 is 5.03 Å². The van der Waals surface area contributed by atoms with Gasteiger partial charge in [-0.15, -0.1) is 20.4 Å². The monoisotopic (exact) mass is 236 g/mol. The highest BCUT2D eigenvalue weighted by molar-refractivity contribution is 5.19. The Hall–Kier alpha value is -2.65. The summed E-state index contributed by atoms with van der Waals surface area (Å²) < 4.78 is 1.45. The van der Waals surface area contributed by atoms with Crippen LogP contribution in [-0.2, 0) is 0 Å². The Labute approximate surface area is 94.8 Å². The van der Waals surface area contributed by atoms with Crippen LogP contribution in [0.25, 0.3) is 5.95 Å². The molecule has 2 aromatic heterocycles. The SMILES string of the molecule is Cc1cc(C)n(-c2nnc(N[N+](=O)[O-])nn2)n1. The first-order valence-corrected chi connectivity index (χ1v) is 4.58. The van der Waals surface area contributed by atoms with Crippen LogP contribution in [0.3, 0.4) is 0 Å². The van der Waals surface area contributed by atoms with Gasteiger partial charge in [0.15, 0.2) is 5.03 Å². The molecule has 10 heteroatoms. The molecule has 0 bridgehead atoms. The normalized spacial score (nSPS) is 10.2. The second-order valence-corrected chi connectivity index (χ2v) is 3.23. The van der Waals surface area contributed by atoms with Gasteiger partial charge in [0.2, 0.25) is 0 Å². The molecule has 0 spiro atoms. The Morgan fingerprint density at radius 2 is 1.94 bits per heavy atom. The minimum atomic E-state index is -0.790. The summed E-state index contributed by atoms with van der Waals surface area (Å²) in [4.78, 5) is 10.1. The van der Waals surface area contributed by atoms with E-state index in [1.165, 1.54) is 4.68 Å². The van der Waals surface area contributed by atoms with Crippen LogP contribution in [-0.4, -0.2) is 35.2 Å². The highest BCUT2D eigenvalue weighted by Gasteiger charge is 2.09. The highest BCUT2D eigenvalue weighted by atomic mass is 16.7. The van der Waals surface area contributed by atoms with Crippen molar-refractivity contribution in [2.45, 2.75) is 13.8 Å². The molecule has 0 aliphatic carbocycles. The van der Waals surface area contributed by atoms with Crippen molar-refractivity contribution >= 4 is 5.95 Å². The molecule has 0 saturated carbocycles. The zero-order chi connectivity index (χ0) is 12.4. The van der Waals surface area contributed by atoms with E-state index in [-0.39, 0.29) is 11.9 Å². The molecule has 0 amide bonds. The van der Waals surface area contributed by atoms with E-state index in [1.807, 2.05) is 19.9 Å². The van der Waals surface area contributed by atoms with Gasteiger partial charge in [-0.05, 0) is 19.9 Å².